The van der Waals surface area contributed by atoms with Gasteiger partial charge in [-0.2, -0.15) is 0 Å². The molecular formula is C14H18FNOS. The van der Waals surface area contributed by atoms with Crippen LogP contribution in [0.1, 0.15) is 43.0 Å². The van der Waals surface area contributed by atoms with Gasteiger partial charge in [-0.3, -0.25) is 4.79 Å². The molecule has 1 aliphatic carbocycles. The fourth-order valence-electron chi connectivity index (χ4n) is 2.25. The van der Waals surface area contributed by atoms with Crippen molar-refractivity contribution in [3.63, 3.8) is 0 Å². The van der Waals surface area contributed by atoms with Crippen LogP contribution in [-0.4, -0.2) is 12.5 Å². The highest BCUT2D eigenvalue weighted by molar-refractivity contribution is 7.80. The first kappa shape index (κ1) is 13.4. The van der Waals surface area contributed by atoms with E-state index in [4.69, 9.17) is 0 Å². The average Bonchev–Trinajstić information content (AvgIpc) is 3.11. The van der Waals surface area contributed by atoms with Crippen molar-refractivity contribution in [2.24, 2.45) is 5.41 Å². The van der Waals surface area contributed by atoms with Gasteiger partial charge < -0.3 is 5.32 Å². The minimum atomic E-state index is -0.403. The second-order valence-corrected chi connectivity index (χ2v) is 5.58. The molecule has 2 rings (SSSR count). The van der Waals surface area contributed by atoms with Gasteiger partial charge in [-0.25, -0.2) is 4.39 Å². The molecule has 0 atom stereocenters. The molecule has 1 aromatic carbocycles. The summed E-state index contributed by atoms with van der Waals surface area (Å²) in [5, 5.41) is 2.94. The third kappa shape index (κ3) is 3.05. The van der Waals surface area contributed by atoms with Crippen LogP contribution < -0.4 is 5.32 Å². The molecule has 1 aromatic rings. The third-order valence-corrected chi connectivity index (χ3v) is 3.91. The van der Waals surface area contributed by atoms with Crippen LogP contribution in [-0.2, 0) is 0 Å². The molecule has 1 N–H and O–H groups in total. The van der Waals surface area contributed by atoms with E-state index in [9.17, 15) is 9.18 Å². The lowest BCUT2D eigenvalue weighted by molar-refractivity contribution is 0.0943. The van der Waals surface area contributed by atoms with E-state index in [2.05, 4.69) is 24.9 Å². The van der Waals surface area contributed by atoms with Crippen LogP contribution in [0.25, 0.3) is 0 Å². The predicted octanol–water partition coefficient (Wildman–Crippen LogP) is 3.42. The molecule has 1 aliphatic rings. The van der Waals surface area contributed by atoms with Gasteiger partial charge in [0, 0.05) is 17.0 Å². The van der Waals surface area contributed by atoms with Crippen LogP contribution in [0, 0.1) is 11.2 Å². The zero-order valence-electron chi connectivity index (χ0n) is 10.5. The molecule has 1 fully saturated rings. The van der Waals surface area contributed by atoms with Crippen LogP contribution in [0.4, 0.5) is 4.39 Å². The number of hydrogen-bond donors (Lipinski definition) is 2. The van der Waals surface area contributed by atoms with Gasteiger partial charge in [0.1, 0.15) is 5.82 Å². The van der Waals surface area contributed by atoms with E-state index >= 15 is 0 Å². The smallest absolute Gasteiger partial charge is 0.251 e. The van der Waals surface area contributed by atoms with E-state index in [0.717, 1.165) is 19.4 Å². The number of rotatable bonds is 5. The standard InChI is InChI=1S/C14H18FNOS/c1-2-5-14(6-7-14)9-16-13(17)10-3-4-11(15)12(18)8-10/h3-4,8,18H,2,5-7,9H2,1H3,(H,16,17). The summed E-state index contributed by atoms with van der Waals surface area (Å²) < 4.78 is 13.0. The van der Waals surface area contributed by atoms with Crippen molar-refractivity contribution in [1.29, 1.82) is 0 Å². The molecule has 1 amide bonds. The van der Waals surface area contributed by atoms with Crippen LogP contribution in [0.5, 0.6) is 0 Å². The molecule has 0 aromatic heterocycles. The Balaban J connectivity index is 1.93. The van der Waals surface area contributed by atoms with E-state index in [0.29, 0.717) is 11.0 Å². The maximum Gasteiger partial charge on any atom is 0.251 e. The Morgan fingerprint density at radius 3 is 2.78 bits per heavy atom. The lowest BCUT2D eigenvalue weighted by Crippen LogP contribution is -2.30. The summed E-state index contributed by atoms with van der Waals surface area (Å²) in [6.07, 6.45) is 4.70. The number of carbonyl (C=O) groups is 1. The Kier molecular flexibility index (Phi) is 3.95. The van der Waals surface area contributed by atoms with Crippen molar-refractivity contribution >= 4 is 18.5 Å². The number of nitrogens with one attached hydrogen (secondary N) is 1. The molecule has 98 valence electrons. The summed E-state index contributed by atoms with van der Waals surface area (Å²) >= 11 is 3.98. The third-order valence-electron chi connectivity index (χ3n) is 3.57. The Morgan fingerprint density at radius 1 is 1.50 bits per heavy atom. The molecule has 1 saturated carbocycles. The fourth-order valence-corrected chi connectivity index (χ4v) is 2.46. The van der Waals surface area contributed by atoms with Gasteiger partial charge in [0.25, 0.3) is 5.91 Å². The zero-order chi connectivity index (χ0) is 13.2. The second-order valence-electron chi connectivity index (χ2n) is 5.10. The first-order valence-corrected chi connectivity index (χ1v) is 6.78. The summed E-state index contributed by atoms with van der Waals surface area (Å²) in [6, 6.07) is 4.23. The number of amides is 1. The highest BCUT2D eigenvalue weighted by Gasteiger charge is 2.41. The van der Waals surface area contributed by atoms with Crippen molar-refractivity contribution in [2.45, 2.75) is 37.5 Å². The van der Waals surface area contributed by atoms with Crippen LogP contribution in [0.3, 0.4) is 0 Å². The molecule has 0 radical (unpaired) electrons. The highest BCUT2D eigenvalue weighted by atomic mass is 32.1. The minimum absolute atomic E-state index is 0.146. The molecule has 0 bridgehead atoms. The van der Waals surface area contributed by atoms with Gasteiger partial charge >= 0.3 is 0 Å². The SMILES string of the molecule is CCCC1(CNC(=O)c2ccc(F)c(S)c2)CC1. The molecule has 0 aliphatic heterocycles. The van der Waals surface area contributed by atoms with E-state index in [1.807, 2.05) is 0 Å². The summed E-state index contributed by atoms with van der Waals surface area (Å²) in [4.78, 5) is 12.1. The van der Waals surface area contributed by atoms with Gasteiger partial charge in [-0.05, 0) is 42.9 Å². The first-order chi connectivity index (χ1) is 8.56. The second kappa shape index (κ2) is 5.31. The molecule has 0 heterocycles. The Hall–Kier alpha value is -1.03. The maximum absolute atomic E-state index is 13.0. The van der Waals surface area contributed by atoms with Gasteiger partial charge in [-0.15, -0.1) is 12.6 Å². The minimum Gasteiger partial charge on any atom is -0.351 e. The zero-order valence-corrected chi connectivity index (χ0v) is 11.4. The van der Waals surface area contributed by atoms with E-state index < -0.39 is 5.82 Å². The number of carbonyl (C=O) groups excluding carboxylic acids is 1. The van der Waals surface area contributed by atoms with Crippen molar-refractivity contribution < 1.29 is 9.18 Å². The number of benzene rings is 1. The van der Waals surface area contributed by atoms with E-state index in [-0.39, 0.29) is 10.8 Å². The monoisotopic (exact) mass is 267 g/mol. The predicted molar refractivity (Wildman–Crippen MR) is 72.6 cm³/mol. The molecule has 4 heteroatoms. The van der Waals surface area contributed by atoms with Gasteiger partial charge in [0.15, 0.2) is 0 Å². The van der Waals surface area contributed by atoms with Crippen molar-refractivity contribution in [3.05, 3.63) is 29.6 Å². The largest absolute Gasteiger partial charge is 0.351 e. The summed E-state index contributed by atoms with van der Waals surface area (Å²) in [5.74, 6) is -0.549. The Morgan fingerprint density at radius 2 is 2.22 bits per heavy atom. The average molecular weight is 267 g/mol. The van der Waals surface area contributed by atoms with Crippen molar-refractivity contribution in [2.75, 3.05) is 6.54 Å². The Bertz CT molecular complexity index is 457. The summed E-state index contributed by atoms with van der Waals surface area (Å²) in [6.45, 7) is 2.88. The lowest BCUT2D eigenvalue weighted by Gasteiger charge is -2.15. The van der Waals surface area contributed by atoms with E-state index in [1.165, 1.54) is 31.0 Å². The fraction of sp³-hybridized carbons (Fsp3) is 0.500. The molecule has 18 heavy (non-hydrogen) atoms. The van der Waals surface area contributed by atoms with Crippen LogP contribution in [0.15, 0.2) is 23.1 Å². The van der Waals surface area contributed by atoms with Crippen LogP contribution in [0.2, 0.25) is 0 Å². The highest BCUT2D eigenvalue weighted by Crippen LogP contribution is 2.48. The number of halogens is 1. The maximum atomic E-state index is 13.0. The molecular weight excluding hydrogens is 249 g/mol. The topological polar surface area (TPSA) is 29.1 Å². The summed E-state index contributed by atoms with van der Waals surface area (Å²) in [7, 11) is 0. The molecule has 2 nitrogen and oxygen atoms in total. The van der Waals surface area contributed by atoms with Gasteiger partial charge in [-0.1, -0.05) is 13.3 Å². The first-order valence-electron chi connectivity index (χ1n) is 6.33. The van der Waals surface area contributed by atoms with Crippen LogP contribution >= 0.6 is 12.6 Å². The quantitative estimate of drug-likeness (QED) is 0.786. The molecule has 0 saturated heterocycles. The van der Waals surface area contributed by atoms with Crippen molar-refractivity contribution in [1.82, 2.24) is 5.32 Å². The lowest BCUT2D eigenvalue weighted by atomic mass is 10.0. The molecule has 0 spiro atoms. The molecule has 0 unspecified atom stereocenters. The van der Waals surface area contributed by atoms with E-state index in [1.54, 1.807) is 0 Å². The normalized spacial score (nSPS) is 16.4. The van der Waals surface area contributed by atoms with Gasteiger partial charge in [0.2, 0.25) is 0 Å². The Labute approximate surface area is 112 Å². The van der Waals surface area contributed by atoms with Crippen molar-refractivity contribution in [3.8, 4) is 0 Å². The number of hydrogen-bond acceptors (Lipinski definition) is 2. The van der Waals surface area contributed by atoms with Gasteiger partial charge in [0.05, 0.1) is 0 Å². The number of thiol groups is 1. The summed E-state index contributed by atoms with van der Waals surface area (Å²) in [5.41, 5.74) is 0.794.